The molecule has 1 amide bonds. The Morgan fingerprint density at radius 1 is 1.26 bits per heavy atom. The minimum absolute atomic E-state index is 0.223. The summed E-state index contributed by atoms with van der Waals surface area (Å²) in [5.41, 5.74) is 2.54. The molecule has 2 aromatic rings. The van der Waals surface area contributed by atoms with Crippen molar-refractivity contribution >= 4 is 35.1 Å². The van der Waals surface area contributed by atoms with Crippen LogP contribution in [0, 0.1) is 6.92 Å². The Hall–Kier alpha value is -2.48. The molecule has 1 aliphatic carbocycles. The normalized spacial score (nSPS) is 21.7. The van der Waals surface area contributed by atoms with Crippen molar-refractivity contribution in [3.8, 4) is 11.5 Å². The molecule has 1 unspecified atom stereocenters. The van der Waals surface area contributed by atoms with Gasteiger partial charge in [0.1, 0.15) is 5.82 Å². The van der Waals surface area contributed by atoms with Crippen molar-refractivity contribution in [1.82, 2.24) is 9.97 Å². The van der Waals surface area contributed by atoms with Gasteiger partial charge in [-0.2, -0.15) is 16.7 Å². The number of nitrogens with one attached hydrogen (secondary N) is 1. The summed E-state index contributed by atoms with van der Waals surface area (Å²) in [5, 5.41) is 3.30. The maximum absolute atomic E-state index is 13.2. The van der Waals surface area contributed by atoms with Crippen molar-refractivity contribution in [2.24, 2.45) is 0 Å². The molecule has 164 valence electrons. The lowest BCUT2D eigenvalue weighted by atomic mass is 10.0. The van der Waals surface area contributed by atoms with Crippen molar-refractivity contribution in [2.75, 3.05) is 28.5 Å². The second-order valence-electron chi connectivity index (χ2n) is 8.56. The summed E-state index contributed by atoms with van der Waals surface area (Å²) in [5.74, 6) is 5.07. The van der Waals surface area contributed by atoms with E-state index in [0.29, 0.717) is 11.7 Å². The summed E-state index contributed by atoms with van der Waals surface area (Å²) < 4.78 is 10.9. The number of aromatic nitrogens is 2. The Labute approximate surface area is 186 Å². The first-order valence-corrected chi connectivity index (χ1v) is 12.2. The van der Waals surface area contributed by atoms with E-state index in [0.717, 1.165) is 59.1 Å². The van der Waals surface area contributed by atoms with Crippen LogP contribution in [0.25, 0.3) is 0 Å². The molecule has 1 aromatic carbocycles. The lowest BCUT2D eigenvalue weighted by molar-refractivity contribution is -0.120. The maximum atomic E-state index is 13.2. The molecule has 2 fully saturated rings. The molecule has 3 aliphatic heterocycles. The summed E-state index contributed by atoms with van der Waals surface area (Å²) in [6.45, 7) is 6.49. The quantitative estimate of drug-likeness (QED) is 0.750. The fraction of sp³-hybridized carbons (Fsp3) is 0.522. The van der Waals surface area contributed by atoms with Gasteiger partial charge < -0.3 is 14.8 Å². The lowest BCUT2D eigenvalue weighted by Gasteiger charge is -2.24. The Morgan fingerprint density at radius 2 is 2.00 bits per heavy atom. The van der Waals surface area contributed by atoms with E-state index in [9.17, 15) is 4.79 Å². The summed E-state index contributed by atoms with van der Waals surface area (Å²) in [6, 6.07) is 4.10. The Morgan fingerprint density at radius 3 is 2.68 bits per heavy atom. The molecule has 1 atom stereocenters. The van der Waals surface area contributed by atoms with E-state index >= 15 is 0 Å². The van der Waals surface area contributed by atoms with E-state index in [1.165, 1.54) is 6.42 Å². The molecule has 1 aromatic heterocycles. The van der Waals surface area contributed by atoms with E-state index in [1.54, 1.807) is 0 Å². The third kappa shape index (κ3) is 3.41. The number of amides is 1. The number of aryl methyl sites for hydroxylation is 1. The fourth-order valence-electron chi connectivity index (χ4n) is 4.37. The highest BCUT2D eigenvalue weighted by atomic mass is 32.2. The summed E-state index contributed by atoms with van der Waals surface area (Å²) in [7, 11) is 0. The zero-order valence-electron chi connectivity index (χ0n) is 18.2. The van der Waals surface area contributed by atoms with Crippen molar-refractivity contribution in [3.63, 3.8) is 0 Å². The predicted octanol–water partition coefficient (Wildman–Crippen LogP) is 4.56. The van der Waals surface area contributed by atoms with E-state index in [4.69, 9.17) is 14.5 Å². The highest BCUT2D eigenvalue weighted by molar-refractivity contribution is 7.99. The van der Waals surface area contributed by atoms with Crippen LogP contribution in [0.1, 0.15) is 50.7 Å². The van der Waals surface area contributed by atoms with Gasteiger partial charge in [-0.05, 0) is 43.6 Å². The minimum atomic E-state index is -0.351. The van der Waals surface area contributed by atoms with Gasteiger partial charge in [0.25, 0.3) is 0 Å². The first-order chi connectivity index (χ1) is 15.1. The van der Waals surface area contributed by atoms with Gasteiger partial charge in [0.2, 0.25) is 18.6 Å². The molecule has 31 heavy (non-hydrogen) atoms. The largest absolute Gasteiger partial charge is 0.454 e. The second-order valence-corrected chi connectivity index (χ2v) is 9.71. The van der Waals surface area contributed by atoms with Crippen molar-refractivity contribution < 1.29 is 14.3 Å². The summed E-state index contributed by atoms with van der Waals surface area (Å²) >= 11 is 1.91. The van der Waals surface area contributed by atoms with Gasteiger partial charge in [0.05, 0.1) is 5.41 Å². The van der Waals surface area contributed by atoms with Gasteiger partial charge in [-0.3, -0.25) is 9.69 Å². The zero-order valence-corrected chi connectivity index (χ0v) is 19.1. The van der Waals surface area contributed by atoms with Crippen LogP contribution in [-0.2, 0) is 10.2 Å². The molecular formula is C23H28N4O3S. The van der Waals surface area contributed by atoms with Gasteiger partial charge in [-0.15, -0.1) is 0 Å². The van der Waals surface area contributed by atoms with E-state index in [1.807, 2.05) is 41.9 Å². The number of carbonyl (C=O) groups is 1. The first-order valence-electron chi connectivity index (χ1n) is 11.0. The van der Waals surface area contributed by atoms with Crippen LogP contribution in [0.5, 0.6) is 11.5 Å². The Bertz CT molecular complexity index is 1020. The Balaban J connectivity index is 0.000000646. The molecule has 1 saturated heterocycles. The van der Waals surface area contributed by atoms with Gasteiger partial charge in [-0.1, -0.05) is 20.3 Å². The number of fused-ring (bicyclic) bond motifs is 3. The average Bonchev–Trinajstić information content (AvgIpc) is 3.06. The van der Waals surface area contributed by atoms with Gasteiger partial charge in [-0.25, -0.2) is 4.98 Å². The molecule has 1 spiro atoms. The molecule has 1 saturated carbocycles. The SMILES string of the molecule is CCC.Cc1cc2c(cc1Nc1ncc3c(n1)N(C1CCSC1)C(=O)C31CC1)OCO2. The number of benzene rings is 1. The van der Waals surface area contributed by atoms with Gasteiger partial charge >= 0.3 is 0 Å². The average molecular weight is 441 g/mol. The van der Waals surface area contributed by atoms with Crippen molar-refractivity contribution in [1.29, 1.82) is 0 Å². The molecule has 6 rings (SSSR count). The number of thioether (sulfide) groups is 1. The molecule has 7 nitrogen and oxygen atoms in total. The minimum Gasteiger partial charge on any atom is -0.454 e. The molecule has 4 aliphatic rings. The molecule has 0 radical (unpaired) electrons. The standard InChI is InChI=1S/C20H20N4O3S.C3H8/c1-11-6-15-16(27-10-26-15)7-14(11)22-19-21-8-13-17(23-19)24(12-2-5-28-9-12)18(25)20(13)3-4-20;1-3-2/h6-8,12H,2-5,9-10H2,1H3,(H,21,22,23);3H2,1-2H3. The second kappa shape index (κ2) is 7.89. The summed E-state index contributed by atoms with van der Waals surface area (Å²) in [6.07, 6.45) is 5.94. The molecule has 1 N–H and O–H groups in total. The van der Waals surface area contributed by atoms with Crippen molar-refractivity contribution in [3.05, 3.63) is 29.5 Å². The molecule has 8 heteroatoms. The van der Waals surface area contributed by atoms with E-state index < -0.39 is 0 Å². The van der Waals surface area contributed by atoms with E-state index in [-0.39, 0.29) is 24.2 Å². The van der Waals surface area contributed by atoms with E-state index in [2.05, 4.69) is 24.1 Å². The Kier molecular flexibility index (Phi) is 5.20. The van der Waals surface area contributed by atoms with Crippen LogP contribution < -0.4 is 19.7 Å². The third-order valence-electron chi connectivity index (χ3n) is 6.13. The highest BCUT2D eigenvalue weighted by Crippen LogP contribution is 2.57. The predicted molar refractivity (Wildman–Crippen MR) is 123 cm³/mol. The van der Waals surface area contributed by atoms with Gasteiger partial charge in [0, 0.05) is 35.3 Å². The molecular weight excluding hydrogens is 412 g/mol. The van der Waals surface area contributed by atoms with Crippen LogP contribution >= 0.6 is 11.8 Å². The maximum Gasteiger partial charge on any atom is 0.239 e. The topological polar surface area (TPSA) is 76.6 Å². The molecule has 4 heterocycles. The number of hydrogen-bond acceptors (Lipinski definition) is 7. The monoisotopic (exact) mass is 440 g/mol. The lowest BCUT2D eigenvalue weighted by Crippen LogP contribution is -2.41. The number of carbonyl (C=O) groups excluding carboxylic acids is 1. The number of anilines is 3. The smallest absolute Gasteiger partial charge is 0.239 e. The number of rotatable bonds is 3. The van der Waals surface area contributed by atoms with Crippen molar-refractivity contribution in [2.45, 2.75) is 57.9 Å². The summed E-state index contributed by atoms with van der Waals surface area (Å²) in [4.78, 5) is 24.5. The first kappa shape index (κ1) is 20.4. The van der Waals surface area contributed by atoms with Crippen LogP contribution in [0.4, 0.5) is 17.5 Å². The number of nitrogens with zero attached hydrogens (tertiary/aromatic N) is 3. The van der Waals surface area contributed by atoms with Crippen LogP contribution in [0.3, 0.4) is 0 Å². The third-order valence-corrected chi connectivity index (χ3v) is 7.27. The highest BCUT2D eigenvalue weighted by Gasteiger charge is 2.61. The number of hydrogen-bond donors (Lipinski definition) is 1. The van der Waals surface area contributed by atoms with Crippen LogP contribution in [-0.4, -0.2) is 40.2 Å². The zero-order chi connectivity index (χ0) is 21.6. The molecule has 0 bridgehead atoms. The van der Waals surface area contributed by atoms with Crippen LogP contribution in [0.15, 0.2) is 18.3 Å². The van der Waals surface area contributed by atoms with Crippen LogP contribution in [0.2, 0.25) is 0 Å². The fourth-order valence-corrected chi connectivity index (χ4v) is 5.56. The number of ether oxygens (including phenoxy) is 2. The van der Waals surface area contributed by atoms with Gasteiger partial charge in [0.15, 0.2) is 11.5 Å².